The third-order valence-electron chi connectivity index (χ3n) is 2.75. The smallest absolute Gasteiger partial charge is 0.142 e. The Morgan fingerprint density at radius 1 is 1.16 bits per heavy atom. The molecule has 0 fully saturated rings. The summed E-state index contributed by atoms with van der Waals surface area (Å²) < 4.78 is 14.6. The molecule has 2 aromatic rings. The van der Waals surface area contributed by atoms with Crippen LogP contribution >= 0.6 is 45.8 Å². The fraction of sp³-hybridized carbons (Fsp3) is 0.143. The molecule has 100 valence electrons. The molecule has 0 amide bonds. The summed E-state index contributed by atoms with van der Waals surface area (Å²) in [5.41, 5.74) is 1.67. The Balaban J connectivity index is 2.28. The minimum Gasteiger partial charge on any atom is -0.378 e. The highest BCUT2D eigenvalue weighted by atomic mass is 127. The first-order valence-corrected chi connectivity index (χ1v) is 7.48. The molecule has 2 rings (SSSR count). The lowest BCUT2D eigenvalue weighted by Crippen LogP contribution is -2.08. The van der Waals surface area contributed by atoms with Gasteiger partial charge in [-0.2, -0.15) is 0 Å². The molecular weight excluding hydrogens is 399 g/mol. The van der Waals surface area contributed by atoms with Crippen molar-refractivity contribution in [1.29, 1.82) is 0 Å². The van der Waals surface area contributed by atoms with Gasteiger partial charge < -0.3 is 5.32 Å². The predicted octanol–water partition coefficient (Wildman–Crippen LogP) is 5.91. The standard InChI is InChI=1S/C14H11Cl2FIN/c1-8(19-14-5-3-2-4-13(14)18)9-6-12(17)11(16)7-10(9)15/h2-8,19H,1H3. The molecule has 0 spiro atoms. The normalized spacial score (nSPS) is 12.3. The van der Waals surface area contributed by atoms with Crippen LogP contribution in [-0.4, -0.2) is 0 Å². The summed E-state index contributed by atoms with van der Waals surface area (Å²) in [5.74, 6) is -0.461. The summed E-state index contributed by atoms with van der Waals surface area (Å²) in [7, 11) is 0. The van der Waals surface area contributed by atoms with Gasteiger partial charge in [0.05, 0.1) is 11.1 Å². The van der Waals surface area contributed by atoms with Gasteiger partial charge in [0.1, 0.15) is 5.82 Å². The maximum Gasteiger partial charge on any atom is 0.142 e. The molecule has 0 heterocycles. The minimum absolute atomic E-state index is 0.0373. The van der Waals surface area contributed by atoms with Crippen molar-refractivity contribution >= 4 is 51.5 Å². The molecule has 2 aromatic carbocycles. The van der Waals surface area contributed by atoms with Crippen LogP contribution in [0.4, 0.5) is 10.1 Å². The Morgan fingerprint density at radius 2 is 1.84 bits per heavy atom. The van der Waals surface area contributed by atoms with E-state index >= 15 is 0 Å². The van der Waals surface area contributed by atoms with Gasteiger partial charge in [0.2, 0.25) is 0 Å². The Labute approximate surface area is 135 Å². The van der Waals surface area contributed by atoms with E-state index < -0.39 is 5.82 Å². The second-order valence-corrected chi connectivity index (χ2v) is 6.11. The zero-order valence-electron chi connectivity index (χ0n) is 10.1. The summed E-state index contributed by atoms with van der Waals surface area (Å²) in [5, 5.41) is 3.81. The fourth-order valence-electron chi connectivity index (χ4n) is 1.76. The number of benzene rings is 2. The van der Waals surface area contributed by atoms with Crippen LogP contribution in [0.15, 0.2) is 36.4 Å². The number of hydrogen-bond donors (Lipinski definition) is 1. The first-order valence-electron chi connectivity index (χ1n) is 5.64. The van der Waals surface area contributed by atoms with Gasteiger partial charge in [-0.05, 0) is 59.3 Å². The van der Waals surface area contributed by atoms with Crippen LogP contribution in [0.1, 0.15) is 18.5 Å². The van der Waals surface area contributed by atoms with E-state index in [0.29, 0.717) is 10.6 Å². The second-order valence-electron chi connectivity index (χ2n) is 4.13. The van der Waals surface area contributed by atoms with Crippen molar-refractivity contribution in [3.8, 4) is 0 Å². The zero-order chi connectivity index (χ0) is 14.0. The molecule has 0 aliphatic carbocycles. The predicted molar refractivity (Wildman–Crippen MR) is 87.6 cm³/mol. The van der Waals surface area contributed by atoms with E-state index in [2.05, 4.69) is 27.9 Å². The van der Waals surface area contributed by atoms with Crippen LogP contribution in [0.2, 0.25) is 10.0 Å². The van der Waals surface area contributed by atoms with E-state index in [-0.39, 0.29) is 11.1 Å². The first-order chi connectivity index (χ1) is 8.99. The maximum absolute atomic E-state index is 13.5. The largest absolute Gasteiger partial charge is 0.378 e. The van der Waals surface area contributed by atoms with E-state index in [1.807, 2.05) is 31.2 Å². The topological polar surface area (TPSA) is 12.0 Å². The number of halogens is 4. The molecule has 19 heavy (non-hydrogen) atoms. The molecule has 1 unspecified atom stereocenters. The summed E-state index contributed by atoms with van der Waals surface area (Å²) in [6.07, 6.45) is 0. The molecule has 0 bridgehead atoms. The molecular formula is C14H11Cl2FIN. The lowest BCUT2D eigenvalue weighted by Gasteiger charge is -2.18. The molecule has 0 aromatic heterocycles. The van der Waals surface area contributed by atoms with Gasteiger partial charge in [-0.15, -0.1) is 0 Å². The number of para-hydroxylation sites is 1. The molecule has 1 N–H and O–H groups in total. The lowest BCUT2D eigenvalue weighted by atomic mass is 10.1. The number of hydrogen-bond acceptors (Lipinski definition) is 1. The SMILES string of the molecule is CC(Nc1ccccc1I)c1cc(F)c(Cl)cc1Cl. The van der Waals surface area contributed by atoms with Crippen LogP contribution in [0, 0.1) is 9.39 Å². The average molecular weight is 410 g/mol. The van der Waals surface area contributed by atoms with Gasteiger partial charge in [0.15, 0.2) is 0 Å². The summed E-state index contributed by atoms with van der Waals surface area (Å²) in [6.45, 7) is 1.93. The average Bonchev–Trinajstić information content (AvgIpc) is 2.36. The number of anilines is 1. The van der Waals surface area contributed by atoms with Crippen molar-refractivity contribution in [3.05, 3.63) is 61.4 Å². The quantitative estimate of drug-likeness (QED) is 0.490. The van der Waals surface area contributed by atoms with Crippen LogP contribution in [-0.2, 0) is 0 Å². The van der Waals surface area contributed by atoms with Gasteiger partial charge in [-0.3, -0.25) is 0 Å². The van der Waals surface area contributed by atoms with Crippen LogP contribution < -0.4 is 5.32 Å². The molecule has 0 aliphatic heterocycles. The summed E-state index contributed by atoms with van der Waals surface area (Å²) in [6, 6.07) is 10.6. The fourth-order valence-corrected chi connectivity index (χ4v) is 2.85. The Morgan fingerprint density at radius 3 is 2.53 bits per heavy atom. The Hall–Kier alpha value is -0.520. The van der Waals surface area contributed by atoms with Crippen LogP contribution in [0.5, 0.6) is 0 Å². The minimum atomic E-state index is -0.461. The third kappa shape index (κ3) is 3.52. The van der Waals surface area contributed by atoms with E-state index in [0.717, 1.165) is 9.26 Å². The van der Waals surface area contributed by atoms with E-state index in [1.165, 1.54) is 12.1 Å². The number of rotatable bonds is 3. The van der Waals surface area contributed by atoms with Crippen molar-refractivity contribution in [2.75, 3.05) is 5.32 Å². The van der Waals surface area contributed by atoms with E-state index in [9.17, 15) is 4.39 Å². The highest BCUT2D eigenvalue weighted by Gasteiger charge is 2.14. The summed E-state index contributed by atoms with van der Waals surface area (Å²) >= 11 is 14.0. The van der Waals surface area contributed by atoms with Crippen molar-refractivity contribution in [1.82, 2.24) is 0 Å². The summed E-state index contributed by atoms with van der Waals surface area (Å²) in [4.78, 5) is 0. The van der Waals surface area contributed by atoms with Crippen molar-refractivity contribution in [2.24, 2.45) is 0 Å². The van der Waals surface area contributed by atoms with Crippen molar-refractivity contribution < 1.29 is 4.39 Å². The van der Waals surface area contributed by atoms with Gasteiger partial charge >= 0.3 is 0 Å². The Bertz CT molecular complexity index is 604. The highest BCUT2D eigenvalue weighted by molar-refractivity contribution is 14.1. The van der Waals surface area contributed by atoms with Gasteiger partial charge in [0.25, 0.3) is 0 Å². The maximum atomic E-state index is 13.5. The molecule has 0 radical (unpaired) electrons. The van der Waals surface area contributed by atoms with Gasteiger partial charge in [-0.25, -0.2) is 4.39 Å². The van der Waals surface area contributed by atoms with Gasteiger partial charge in [-0.1, -0.05) is 35.3 Å². The zero-order valence-corrected chi connectivity index (χ0v) is 13.7. The van der Waals surface area contributed by atoms with Crippen LogP contribution in [0.3, 0.4) is 0 Å². The molecule has 1 atom stereocenters. The van der Waals surface area contributed by atoms with E-state index in [4.69, 9.17) is 23.2 Å². The molecule has 5 heteroatoms. The van der Waals surface area contributed by atoms with E-state index in [1.54, 1.807) is 0 Å². The van der Waals surface area contributed by atoms with Crippen molar-refractivity contribution in [2.45, 2.75) is 13.0 Å². The van der Waals surface area contributed by atoms with Gasteiger partial charge in [0, 0.05) is 14.3 Å². The molecule has 0 aliphatic rings. The molecule has 1 nitrogen and oxygen atoms in total. The monoisotopic (exact) mass is 409 g/mol. The Kier molecular flexibility index (Phi) is 4.92. The van der Waals surface area contributed by atoms with Crippen molar-refractivity contribution in [3.63, 3.8) is 0 Å². The first kappa shape index (κ1) is 14.9. The second kappa shape index (κ2) is 6.29. The molecule has 0 saturated heterocycles. The molecule has 0 saturated carbocycles. The third-order valence-corrected chi connectivity index (χ3v) is 4.31. The lowest BCUT2D eigenvalue weighted by molar-refractivity contribution is 0.624. The van der Waals surface area contributed by atoms with Crippen LogP contribution in [0.25, 0.3) is 0 Å². The number of nitrogens with one attached hydrogen (secondary N) is 1. The highest BCUT2D eigenvalue weighted by Crippen LogP contribution is 2.31.